The number of benzene rings is 2. The molecular formula is C27H30Cl2N4O3S. The maximum absolute atomic E-state index is 13.6. The maximum Gasteiger partial charge on any atom is 0.322 e. The van der Waals surface area contributed by atoms with Crippen molar-refractivity contribution < 1.29 is 14.3 Å². The number of carbonyl (C=O) groups is 2. The van der Waals surface area contributed by atoms with Gasteiger partial charge >= 0.3 is 6.03 Å². The lowest BCUT2D eigenvalue weighted by Gasteiger charge is -2.31. The van der Waals surface area contributed by atoms with E-state index in [1.807, 2.05) is 47.8 Å². The summed E-state index contributed by atoms with van der Waals surface area (Å²) in [6.07, 6.45) is 0. The van der Waals surface area contributed by atoms with Gasteiger partial charge in [0.25, 0.3) is 0 Å². The van der Waals surface area contributed by atoms with Crippen molar-refractivity contribution in [2.75, 3.05) is 51.3 Å². The quantitative estimate of drug-likeness (QED) is 0.358. The van der Waals surface area contributed by atoms with Crippen molar-refractivity contribution in [1.29, 1.82) is 0 Å². The van der Waals surface area contributed by atoms with E-state index in [2.05, 4.69) is 10.2 Å². The second kappa shape index (κ2) is 13.8. The van der Waals surface area contributed by atoms with Crippen LogP contribution in [0, 0.1) is 0 Å². The average Bonchev–Trinajstić information content (AvgIpc) is 3.42. The molecule has 3 amide bonds. The van der Waals surface area contributed by atoms with Gasteiger partial charge < -0.3 is 19.9 Å². The third kappa shape index (κ3) is 8.45. The highest BCUT2D eigenvalue weighted by molar-refractivity contribution is 7.09. The van der Waals surface area contributed by atoms with E-state index in [4.69, 9.17) is 27.9 Å². The Morgan fingerprint density at radius 3 is 2.46 bits per heavy atom. The molecule has 0 unspecified atom stereocenters. The van der Waals surface area contributed by atoms with Crippen molar-refractivity contribution in [2.24, 2.45) is 0 Å². The van der Waals surface area contributed by atoms with Crippen LogP contribution in [-0.4, -0.2) is 72.6 Å². The fourth-order valence-corrected chi connectivity index (χ4v) is 5.19. The number of rotatable bonds is 10. The number of nitrogens with one attached hydrogen (secondary N) is 1. The number of urea groups is 1. The molecule has 0 atom stereocenters. The first-order valence-corrected chi connectivity index (χ1v) is 13.8. The summed E-state index contributed by atoms with van der Waals surface area (Å²) in [5, 5.41) is 5.66. The Kier molecular flexibility index (Phi) is 10.2. The normalized spacial score (nSPS) is 13.8. The minimum absolute atomic E-state index is 0.0560. The number of halogens is 2. The third-order valence-corrected chi connectivity index (χ3v) is 7.48. The first-order chi connectivity index (χ1) is 18.0. The standard InChI is InChI=1S/C27H30Cl2N4O3S/c28-22-8-9-25(24(29)17-22)30-27(35)32(11-10-31-12-14-36-15-13-31)20-26(34)33(19-23-7-4-16-37-23)18-21-5-2-1-3-6-21/h1-9,16-17H,10-15,18-20H2,(H,30,35). The van der Waals surface area contributed by atoms with E-state index in [9.17, 15) is 9.59 Å². The highest BCUT2D eigenvalue weighted by Gasteiger charge is 2.24. The van der Waals surface area contributed by atoms with E-state index in [-0.39, 0.29) is 18.5 Å². The summed E-state index contributed by atoms with van der Waals surface area (Å²) in [5.74, 6) is -0.128. The number of anilines is 1. The van der Waals surface area contributed by atoms with Crippen LogP contribution in [0.1, 0.15) is 10.4 Å². The van der Waals surface area contributed by atoms with Gasteiger partial charge in [-0.25, -0.2) is 4.79 Å². The van der Waals surface area contributed by atoms with Gasteiger partial charge in [-0.05, 0) is 35.2 Å². The largest absolute Gasteiger partial charge is 0.379 e. The highest BCUT2D eigenvalue weighted by atomic mass is 35.5. The zero-order valence-corrected chi connectivity index (χ0v) is 22.8. The van der Waals surface area contributed by atoms with Crippen LogP contribution in [0.25, 0.3) is 0 Å². The number of ether oxygens (including phenoxy) is 1. The van der Waals surface area contributed by atoms with E-state index in [0.717, 1.165) is 23.5 Å². The number of carbonyl (C=O) groups excluding carboxylic acids is 2. The van der Waals surface area contributed by atoms with Gasteiger partial charge in [0.2, 0.25) is 5.91 Å². The molecule has 2 aromatic carbocycles. The van der Waals surface area contributed by atoms with Gasteiger partial charge in [-0.15, -0.1) is 11.3 Å². The molecule has 1 aliphatic rings. The molecule has 1 fully saturated rings. The topological polar surface area (TPSA) is 65.1 Å². The highest BCUT2D eigenvalue weighted by Crippen LogP contribution is 2.25. The van der Waals surface area contributed by atoms with Gasteiger partial charge in [-0.3, -0.25) is 9.69 Å². The van der Waals surface area contributed by atoms with Gasteiger partial charge in [0.1, 0.15) is 6.54 Å². The van der Waals surface area contributed by atoms with E-state index in [1.54, 1.807) is 39.3 Å². The third-order valence-electron chi connectivity index (χ3n) is 6.07. The van der Waals surface area contributed by atoms with Gasteiger partial charge in [-0.2, -0.15) is 0 Å². The summed E-state index contributed by atoms with van der Waals surface area (Å²) >= 11 is 13.9. The molecule has 0 bridgehead atoms. The molecule has 7 nitrogen and oxygen atoms in total. The van der Waals surface area contributed by atoms with Crippen LogP contribution in [0.5, 0.6) is 0 Å². The number of amides is 3. The predicted octanol–water partition coefficient (Wildman–Crippen LogP) is 5.45. The first kappa shape index (κ1) is 27.4. The number of thiophene rings is 1. The van der Waals surface area contributed by atoms with Crippen LogP contribution in [0.15, 0.2) is 66.0 Å². The molecule has 0 saturated carbocycles. The summed E-state index contributed by atoms with van der Waals surface area (Å²) in [5.41, 5.74) is 1.48. The Morgan fingerprint density at radius 1 is 0.973 bits per heavy atom. The van der Waals surface area contributed by atoms with Gasteiger partial charge in [-0.1, -0.05) is 59.6 Å². The Morgan fingerprint density at radius 2 is 1.76 bits per heavy atom. The molecule has 0 spiro atoms. The molecule has 37 heavy (non-hydrogen) atoms. The lowest BCUT2D eigenvalue weighted by molar-refractivity contribution is -0.133. The summed E-state index contributed by atoms with van der Waals surface area (Å²) in [4.78, 5) is 33.7. The molecule has 1 N–H and O–H groups in total. The minimum Gasteiger partial charge on any atom is -0.379 e. The Bertz CT molecular complexity index is 1160. The Labute approximate surface area is 231 Å². The maximum atomic E-state index is 13.6. The van der Waals surface area contributed by atoms with Crippen LogP contribution in [-0.2, 0) is 22.6 Å². The summed E-state index contributed by atoms with van der Waals surface area (Å²) in [7, 11) is 0. The first-order valence-electron chi connectivity index (χ1n) is 12.1. The van der Waals surface area contributed by atoms with E-state index < -0.39 is 0 Å². The van der Waals surface area contributed by atoms with Crippen molar-refractivity contribution in [3.05, 3.63) is 86.5 Å². The van der Waals surface area contributed by atoms with Crippen LogP contribution >= 0.6 is 34.5 Å². The number of morpholine rings is 1. The van der Waals surface area contributed by atoms with Crippen molar-refractivity contribution in [1.82, 2.24) is 14.7 Å². The molecule has 1 aliphatic heterocycles. The van der Waals surface area contributed by atoms with Crippen LogP contribution in [0.3, 0.4) is 0 Å². The zero-order valence-electron chi connectivity index (χ0n) is 20.4. The molecular weight excluding hydrogens is 531 g/mol. The molecule has 10 heteroatoms. The van der Waals surface area contributed by atoms with Crippen molar-refractivity contribution in [3.8, 4) is 0 Å². The Hall–Kier alpha value is -2.62. The monoisotopic (exact) mass is 560 g/mol. The van der Waals surface area contributed by atoms with E-state index in [1.165, 1.54) is 0 Å². The summed E-state index contributed by atoms with van der Waals surface area (Å²) in [6.45, 7) is 4.83. The fraction of sp³-hybridized carbons (Fsp3) is 0.333. The molecule has 2 heterocycles. The molecule has 3 aromatic rings. The van der Waals surface area contributed by atoms with Crippen LogP contribution < -0.4 is 5.32 Å². The number of nitrogens with zero attached hydrogens (tertiary/aromatic N) is 3. The average molecular weight is 562 g/mol. The Balaban J connectivity index is 1.49. The molecule has 1 aromatic heterocycles. The number of hydrogen-bond donors (Lipinski definition) is 1. The zero-order chi connectivity index (χ0) is 26.0. The van der Waals surface area contributed by atoms with Gasteiger partial charge in [0.15, 0.2) is 0 Å². The van der Waals surface area contributed by atoms with Gasteiger partial charge in [0, 0.05) is 42.6 Å². The number of hydrogen-bond acceptors (Lipinski definition) is 5. The van der Waals surface area contributed by atoms with Crippen LogP contribution in [0.2, 0.25) is 10.0 Å². The van der Waals surface area contributed by atoms with Crippen molar-refractivity contribution >= 4 is 52.2 Å². The van der Waals surface area contributed by atoms with E-state index >= 15 is 0 Å². The van der Waals surface area contributed by atoms with Crippen molar-refractivity contribution in [3.63, 3.8) is 0 Å². The molecule has 0 radical (unpaired) electrons. The van der Waals surface area contributed by atoms with Crippen LogP contribution in [0.4, 0.5) is 10.5 Å². The fourth-order valence-electron chi connectivity index (χ4n) is 4.01. The smallest absolute Gasteiger partial charge is 0.322 e. The second-order valence-electron chi connectivity index (χ2n) is 8.74. The second-order valence-corrected chi connectivity index (χ2v) is 10.6. The summed E-state index contributed by atoms with van der Waals surface area (Å²) in [6, 6.07) is 18.4. The van der Waals surface area contributed by atoms with E-state index in [0.29, 0.717) is 55.1 Å². The van der Waals surface area contributed by atoms with Gasteiger partial charge in [0.05, 0.1) is 30.5 Å². The lowest BCUT2D eigenvalue weighted by atomic mass is 10.2. The summed E-state index contributed by atoms with van der Waals surface area (Å²) < 4.78 is 5.44. The lowest BCUT2D eigenvalue weighted by Crippen LogP contribution is -2.48. The molecule has 1 saturated heterocycles. The predicted molar refractivity (Wildman–Crippen MR) is 149 cm³/mol. The SMILES string of the molecule is O=C(CN(CCN1CCOCC1)C(=O)Nc1ccc(Cl)cc1Cl)N(Cc1ccccc1)Cc1cccs1. The van der Waals surface area contributed by atoms with Crippen molar-refractivity contribution in [2.45, 2.75) is 13.1 Å². The minimum atomic E-state index is -0.387. The molecule has 0 aliphatic carbocycles. The molecule has 4 rings (SSSR count). The molecule has 196 valence electrons.